The molecule has 2 rings (SSSR count). The smallest absolute Gasteiger partial charge is 0.0349 e. The highest BCUT2D eigenvalue weighted by molar-refractivity contribution is 5.53. The van der Waals surface area contributed by atoms with Crippen LogP contribution in [0.15, 0.2) is 18.2 Å². The molecule has 0 bridgehead atoms. The summed E-state index contributed by atoms with van der Waals surface area (Å²) in [6.07, 6.45) is 2.35. The second-order valence-corrected chi connectivity index (χ2v) is 4.52. The van der Waals surface area contributed by atoms with Crippen LogP contribution >= 0.6 is 0 Å². The molecule has 1 aliphatic rings. The van der Waals surface area contributed by atoms with E-state index in [0.717, 1.165) is 24.6 Å². The molecule has 0 fully saturated rings. The van der Waals surface area contributed by atoms with Crippen LogP contribution in [0.2, 0.25) is 0 Å². The molecular formula is C12H18N2. The summed E-state index contributed by atoms with van der Waals surface area (Å²) in [5, 5.41) is 0. The van der Waals surface area contributed by atoms with Gasteiger partial charge in [0.15, 0.2) is 0 Å². The van der Waals surface area contributed by atoms with Gasteiger partial charge in [-0.3, -0.25) is 0 Å². The Morgan fingerprint density at radius 2 is 2.14 bits per heavy atom. The van der Waals surface area contributed by atoms with Crippen molar-refractivity contribution in [2.24, 2.45) is 5.92 Å². The summed E-state index contributed by atoms with van der Waals surface area (Å²) >= 11 is 0. The minimum absolute atomic E-state index is 0.754. The van der Waals surface area contributed by atoms with Crippen LogP contribution in [0.3, 0.4) is 0 Å². The van der Waals surface area contributed by atoms with E-state index in [0.29, 0.717) is 0 Å². The van der Waals surface area contributed by atoms with Gasteiger partial charge in [-0.1, -0.05) is 12.1 Å². The molecule has 0 spiro atoms. The number of nitrogen functional groups attached to an aromatic ring is 1. The average Bonchev–Trinajstić information content (AvgIpc) is 2.47. The number of nitrogens with zero attached hydrogens (tertiary/aromatic N) is 1. The van der Waals surface area contributed by atoms with E-state index in [1.807, 2.05) is 6.07 Å². The van der Waals surface area contributed by atoms with Gasteiger partial charge in [0.05, 0.1) is 0 Å². The summed E-state index contributed by atoms with van der Waals surface area (Å²) in [6.45, 7) is 1.16. The predicted octanol–water partition coefficient (Wildman–Crippen LogP) is 1.55. The second kappa shape index (κ2) is 3.62. The molecule has 0 saturated carbocycles. The third kappa shape index (κ3) is 1.75. The maximum atomic E-state index is 5.95. The lowest BCUT2D eigenvalue weighted by Crippen LogP contribution is -2.21. The predicted molar refractivity (Wildman–Crippen MR) is 60.3 cm³/mol. The van der Waals surface area contributed by atoms with Crippen molar-refractivity contribution in [2.75, 3.05) is 26.4 Å². The molecule has 14 heavy (non-hydrogen) atoms. The van der Waals surface area contributed by atoms with Crippen LogP contribution < -0.4 is 5.73 Å². The van der Waals surface area contributed by atoms with Crippen molar-refractivity contribution in [2.45, 2.75) is 12.8 Å². The van der Waals surface area contributed by atoms with E-state index in [9.17, 15) is 0 Å². The van der Waals surface area contributed by atoms with Crippen LogP contribution in [0.1, 0.15) is 11.1 Å². The minimum atomic E-state index is 0.754. The van der Waals surface area contributed by atoms with Crippen molar-refractivity contribution in [3.05, 3.63) is 29.3 Å². The summed E-state index contributed by atoms with van der Waals surface area (Å²) in [5.41, 5.74) is 9.77. The van der Waals surface area contributed by atoms with Gasteiger partial charge in [0.25, 0.3) is 0 Å². The Morgan fingerprint density at radius 1 is 1.36 bits per heavy atom. The molecule has 2 N–H and O–H groups in total. The molecule has 0 aromatic heterocycles. The molecule has 76 valence electrons. The molecule has 0 heterocycles. The van der Waals surface area contributed by atoms with Crippen molar-refractivity contribution in [1.82, 2.24) is 4.90 Å². The Kier molecular flexibility index (Phi) is 2.46. The number of anilines is 1. The van der Waals surface area contributed by atoms with E-state index in [-0.39, 0.29) is 0 Å². The van der Waals surface area contributed by atoms with Crippen LogP contribution in [0.5, 0.6) is 0 Å². The zero-order valence-corrected chi connectivity index (χ0v) is 8.96. The van der Waals surface area contributed by atoms with Crippen molar-refractivity contribution in [3.63, 3.8) is 0 Å². The first-order chi connectivity index (χ1) is 6.66. The first kappa shape index (κ1) is 9.53. The average molecular weight is 190 g/mol. The highest BCUT2D eigenvalue weighted by Gasteiger charge is 2.22. The Bertz CT molecular complexity index is 331. The zero-order chi connectivity index (χ0) is 10.1. The van der Waals surface area contributed by atoms with Gasteiger partial charge in [-0.2, -0.15) is 0 Å². The van der Waals surface area contributed by atoms with E-state index >= 15 is 0 Å². The van der Waals surface area contributed by atoms with Gasteiger partial charge in [0.1, 0.15) is 0 Å². The molecule has 1 unspecified atom stereocenters. The van der Waals surface area contributed by atoms with Gasteiger partial charge in [-0.25, -0.2) is 0 Å². The third-order valence-electron chi connectivity index (χ3n) is 2.93. The lowest BCUT2D eigenvalue weighted by molar-refractivity contribution is 0.332. The number of hydrogen-bond acceptors (Lipinski definition) is 2. The minimum Gasteiger partial charge on any atom is -0.398 e. The number of rotatable bonds is 2. The standard InChI is InChI=1S/C12H18N2/c1-14(2)8-9-6-10-4-3-5-12(13)11(10)7-9/h3-5,9H,6-8,13H2,1-2H3. The highest BCUT2D eigenvalue weighted by atomic mass is 15.1. The molecule has 0 aliphatic heterocycles. The van der Waals surface area contributed by atoms with Crippen LogP contribution in [0.25, 0.3) is 0 Å². The first-order valence-corrected chi connectivity index (χ1v) is 5.18. The van der Waals surface area contributed by atoms with Crippen LogP contribution in [0, 0.1) is 5.92 Å². The van der Waals surface area contributed by atoms with Gasteiger partial charge >= 0.3 is 0 Å². The third-order valence-corrected chi connectivity index (χ3v) is 2.93. The highest BCUT2D eigenvalue weighted by Crippen LogP contribution is 2.30. The van der Waals surface area contributed by atoms with Crippen molar-refractivity contribution >= 4 is 5.69 Å². The van der Waals surface area contributed by atoms with Gasteiger partial charge < -0.3 is 10.6 Å². The second-order valence-electron chi connectivity index (χ2n) is 4.52. The number of fused-ring (bicyclic) bond motifs is 1. The van der Waals surface area contributed by atoms with E-state index in [1.54, 1.807) is 0 Å². The summed E-state index contributed by atoms with van der Waals surface area (Å²) in [5.74, 6) is 0.754. The largest absolute Gasteiger partial charge is 0.398 e. The Morgan fingerprint density at radius 3 is 2.79 bits per heavy atom. The van der Waals surface area contributed by atoms with Gasteiger partial charge in [0, 0.05) is 12.2 Å². The maximum Gasteiger partial charge on any atom is 0.0349 e. The molecule has 1 aliphatic carbocycles. The summed E-state index contributed by atoms with van der Waals surface area (Å²) in [7, 11) is 4.26. The van der Waals surface area contributed by atoms with E-state index in [2.05, 4.69) is 31.1 Å². The van der Waals surface area contributed by atoms with Crippen LogP contribution in [-0.2, 0) is 12.8 Å². The number of hydrogen-bond donors (Lipinski definition) is 1. The summed E-state index contributed by atoms with van der Waals surface area (Å²) in [6, 6.07) is 6.28. The van der Waals surface area contributed by atoms with Gasteiger partial charge in [0.2, 0.25) is 0 Å². The fourth-order valence-corrected chi connectivity index (χ4v) is 2.41. The molecule has 0 amide bonds. The Labute approximate surface area is 85.7 Å². The topological polar surface area (TPSA) is 29.3 Å². The van der Waals surface area contributed by atoms with Gasteiger partial charge in [-0.05, 0) is 50.0 Å². The quantitative estimate of drug-likeness (QED) is 0.717. The molecule has 2 heteroatoms. The zero-order valence-electron chi connectivity index (χ0n) is 8.96. The first-order valence-electron chi connectivity index (χ1n) is 5.18. The van der Waals surface area contributed by atoms with E-state index in [1.165, 1.54) is 17.5 Å². The van der Waals surface area contributed by atoms with Crippen LogP contribution in [0.4, 0.5) is 5.69 Å². The summed E-state index contributed by atoms with van der Waals surface area (Å²) < 4.78 is 0. The van der Waals surface area contributed by atoms with Gasteiger partial charge in [-0.15, -0.1) is 0 Å². The SMILES string of the molecule is CN(C)CC1Cc2cccc(N)c2C1. The molecule has 1 aromatic carbocycles. The fourth-order valence-electron chi connectivity index (χ4n) is 2.41. The number of nitrogens with two attached hydrogens (primary N) is 1. The molecule has 0 radical (unpaired) electrons. The van der Waals surface area contributed by atoms with Crippen molar-refractivity contribution in [1.29, 1.82) is 0 Å². The lowest BCUT2D eigenvalue weighted by atomic mass is 10.1. The van der Waals surface area contributed by atoms with Crippen molar-refractivity contribution < 1.29 is 0 Å². The lowest BCUT2D eigenvalue weighted by Gasteiger charge is -2.15. The molecule has 1 atom stereocenters. The fraction of sp³-hybridized carbons (Fsp3) is 0.500. The van der Waals surface area contributed by atoms with Crippen molar-refractivity contribution in [3.8, 4) is 0 Å². The molecule has 1 aromatic rings. The van der Waals surface area contributed by atoms with E-state index in [4.69, 9.17) is 5.73 Å². The Balaban J connectivity index is 2.14. The van der Waals surface area contributed by atoms with Crippen LogP contribution in [-0.4, -0.2) is 25.5 Å². The maximum absolute atomic E-state index is 5.95. The molecular weight excluding hydrogens is 172 g/mol. The molecule has 2 nitrogen and oxygen atoms in total. The molecule has 0 saturated heterocycles. The van der Waals surface area contributed by atoms with E-state index < -0.39 is 0 Å². The monoisotopic (exact) mass is 190 g/mol. The normalized spacial score (nSPS) is 20.1. The Hall–Kier alpha value is -1.02. The number of benzene rings is 1. The summed E-state index contributed by atoms with van der Waals surface area (Å²) in [4.78, 5) is 2.26.